The van der Waals surface area contributed by atoms with E-state index < -0.39 is 5.60 Å². The van der Waals surface area contributed by atoms with E-state index in [0.29, 0.717) is 12.8 Å². The van der Waals surface area contributed by atoms with Gasteiger partial charge < -0.3 is 9.84 Å². The van der Waals surface area contributed by atoms with Gasteiger partial charge >= 0.3 is 6.09 Å². The number of amides is 1. The molecule has 3 atom stereocenters. The van der Waals surface area contributed by atoms with E-state index in [0.717, 1.165) is 0 Å². The number of carbonyl (C=O) groups is 1. The first-order valence-electron chi connectivity index (χ1n) is 5.74. The molecule has 2 aliphatic heterocycles. The summed E-state index contributed by atoms with van der Waals surface area (Å²) in [7, 11) is 0. The number of ether oxygens (including phenoxy) is 1. The second-order valence-electron chi connectivity index (χ2n) is 5.53. The molecular weight excluding hydrogens is 206 g/mol. The zero-order chi connectivity index (χ0) is 11.9. The van der Waals surface area contributed by atoms with E-state index >= 15 is 0 Å². The Morgan fingerprint density at radius 1 is 1.31 bits per heavy atom. The van der Waals surface area contributed by atoms with E-state index in [9.17, 15) is 9.90 Å². The molecule has 0 radical (unpaired) electrons. The van der Waals surface area contributed by atoms with Crippen molar-refractivity contribution in [2.45, 2.75) is 57.4 Å². The van der Waals surface area contributed by atoms with Gasteiger partial charge in [-0.05, 0) is 33.6 Å². The molecule has 0 spiro atoms. The number of hydrogen-bond acceptors (Lipinski definition) is 3. The molecule has 90 valence electrons. The van der Waals surface area contributed by atoms with E-state index in [-0.39, 0.29) is 24.3 Å². The summed E-state index contributed by atoms with van der Waals surface area (Å²) in [5.41, 5.74) is -0.466. The summed E-state index contributed by atoms with van der Waals surface area (Å²) in [5, 5.41) is 9.60. The Kier molecular flexibility index (Phi) is 2.70. The average molecular weight is 225 g/mol. The molecule has 0 aromatic carbocycles. The maximum atomic E-state index is 12.0. The molecule has 1 amide bonds. The van der Waals surface area contributed by atoms with E-state index in [2.05, 4.69) is 0 Å². The number of aliphatic hydroxyl groups excluding tert-OH is 1. The number of rotatable bonds is 0. The Hall–Kier alpha value is -1.03. The van der Waals surface area contributed by atoms with Gasteiger partial charge in [0.05, 0.1) is 18.2 Å². The first kappa shape index (κ1) is 11.5. The van der Waals surface area contributed by atoms with Gasteiger partial charge in [-0.3, -0.25) is 4.90 Å². The SMILES string of the molecule is CC(C)(C)OC(=O)N1[C@@H]2C=C[C@H]1CC(O)C2. The fourth-order valence-electron chi connectivity index (χ4n) is 2.31. The Morgan fingerprint density at radius 3 is 2.25 bits per heavy atom. The highest BCUT2D eigenvalue weighted by atomic mass is 16.6. The topological polar surface area (TPSA) is 49.8 Å². The van der Waals surface area contributed by atoms with Gasteiger partial charge in [0.15, 0.2) is 0 Å². The lowest BCUT2D eigenvalue weighted by Gasteiger charge is -2.38. The molecule has 0 aromatic heterocycles. The predicted octanol–water partition coefficient (Wildman–Crippen LogP) is 1.69. The van der Waals surface area contributed by atoms with Gasteiger partial charge in [-0.25, -0.2) is 4.79 Å². The highest BCUT2D eigenvalue weighted by Crippen LogP contribution is 2.31. The van der Waals surface area contributed by atoms with Gasteiger partial charge in [0.2, 0.25) is 0 Å². The molecule has 2 aliphatic rings. The third-order valence-electron chi connectivity index (χ3n) is 2.90. The van der Waals surface area contributed by atoms with Crippen molar-refractivity contribution in [3.05, 3.63) is 12.2 Å². The van der Waals surface area contributed by atoms with E-state index in [4.69, 9.17) is 4.74 Å². The highest BCUT2D eigenvalue weighted by molar-refractivity contribution is 5.70. The molecule has 16 heavy (non-hydrogen) atoms. The summed E-state index contributed by atoms with van der Waals surface area (Å²) < 4.78 is 5.36. The minimum absolute atomic E-state index is 0.00333. The minimum atomic E-state index is -0.466. The van der Waals surface area contributed by atoms with Gasteiger partial charge in [0, 0.05) is 0 Å². The van der Waals surface area contributed by atoms with Crippen LogP contribution in [0.15, 0.2) is 12.2 Å². The van der Waals surface area contributed by atoms with Crippen molar-refractivity contribution in [1.82, 2.24) is 4.90 Å². The van der Waals surface area contributed by atoms with Gasteiger partial charge in [-0.1, -0.05) is 12.2 Å². The molecule has 0 saturated carbocycles. The van der Waals surface area contributed by atoms with Crippen LogP contribution in [0.5, 0.6) is 0 Å². The Bertz CT molecular complexity index is 303. The molecule has 2 bridgehead atoms. The molecule has 1 N–H and O–H groups in total. The van der Waals surface area contributed by atoms with Crippen LogP contribution in [-0.2, 0) is 4.74 Å². The van der Waals surface area contributed by atoms with Crippen LogP contribution in [0, 0.1) is 0 Å². The van der Waals surface area contributed by atoms with Gasteiger partial charge in [0.1, 0.15) is 5.60 Å². The van der Waals surface area contributed by atoms with Crippen LogP contribution in [0.25, 0.3) is 0 Å². The molecule has 0 aliphatic carbocycles. The van der Waals surface area contributed by atoms with Crippen LogP contribution in [0.1, 0.15) is 33.6 Å². The van der Waals surface area contributed by atoms with E-state index in [1.165, 1.54) is 0 Å². The molecular formula is C12H19NO3. The fourth-order valence-corrected chi connectivity index (χ4v) is 2.31. The lowest BCUT2D eigenvalue weighted by Crippen LogP contribution is -2.50. The quantitative estimate of drug-likeness (QED) is 0.638. The number of carbonyl (C=O) groups excluding carboxylic acids is 1. The van der Waals surface area contributed by atoms with Crippen LogP contribution in [0.2, 0.25) is 0 Å². The zero-order valence-corrected chi connectivity index (χ0v) is 10.0. The van der Waals surface area contributed by atoms with Gasteiger partial charge in [-0.2, -0.15) is 0 Å². The number of fused-ring (bicyclic) bond motifs is 2. The molecule has 0 aromatic rings. The fraction of sp³-hybridized carbons (Fsp3) is 0.750. The van der Waals surface area contributed by atoms with Gasteiger partial charge in [-0.15, -0.1) is 0 Å². The minimum Gasteiger partial charge on any atom is -0.444 e. The van der Waals surface area contributed by atoms with Crippen LogP contribution < -0.4 is 0 Å². The van der Waals surface area contributed by atoms with Crippen LogP contribution in [0.4, 0.5) is 4.79 Å². The van der Waals surface area contributed by atoms with Crippen molar-refractivity contribution in [2.75, 3.05) is 0 Å². The van der Waals surface area contributed by atoms with Crippen molar-refractivity contribution in [3.8, 4) is 0 Å². The third-order valence-corrected chi connectivity index (χ3v) is 2.90. The first-order chi connectivity index (χ1) is 7.37. The van der Waals surface area contributed by atoms with E-state index in [1.54, 1.807) is 4.90 Å². The normalized spacial score (nSPS) is 33.0. The lowest BCUT2D eigenvalue weighted by atomic mass is 9.99. The molecule has 1 fully saturated rings. The standard InChI is InChI=1S/C12H19NO3/c1-12(2,3)16-11(15)13-8-4-5-9(13)7-10(14)6-8/h4-5,8-10,14H,6-7H2,1-3H3/t8-,9+,10?. The van der Waals surface area contributed by atoms with E-state index in [1.807, 2.05) is 32.9 Å². The summed E-state index contributed by atoms with van der Waals surface area (Å²) >= 11 is 0. The second kappa shape index (κ2) is 3.77. The Balaban J connectivity index is 2.04. The van der Waals surface area contributed by atoms with Crippen molar-refractivity contribution < 1.29 is 14.6 Å². The molecule has 4 nitrogen and oxygen atoms in total. The molecule has 2 heterocycles. The van der Waals surface area contributed by atoms with Crippen LogP contribution in [0.3, 0.4) is 0 Å². The molecule has 2 rings (SSSR count). The summed E-state index contributed by atoms with van der Waals surface area (Å²) in [4.78, 5) is 13.7. The smallest absolute Gasteiger partial charge is 0.411 e. The largest absolute Gasteiger partial charge is 0.444 e. The second-order valence-corrected chi connectivity index (χ2v) is 5.53. The molecule has 4 heteroatoms. The molecule has 1 unspecified atom stereocenters. The predicted molar refractivity (Wildman–Crippen MR) is 60.0 cm³/mol. The summed E-state index contributed by atoms with van der Waals surface area (Å²) in [6.07, 6.45) is 4.64. The highest BCUT2D eigenvalue weighted by Gasteiger charge is 2.41. The van der Waals surface area contributed by atoms with Crippen molar-refractivity contribution in [2.24, 2.45) is 0 Å². The summed E-state index contributed by atoms with van der Waals surface area (Å²) in [6.45, 7) is 5.58. The number of nitrogens with zero attached hydrogens (tertiary/aromatic N) is 1. The van der Waals surface area contributed by atoms with Crippen molar-refractivity contribution in [3.63, 3.8) is 0 Å². The maximum Gasteiger partial charge on any atom is 0.411 e. The zero-order valence-electron chi connectivity index (χ0n) is 10.0. The van der Waals surface area contributed by atoms with Crippen molar-refractivity contribution >= 4 is 6.09 Å². The third kappa shape index (κ3) is 2.21. The lowest BCUT2D eigenvalue weighted by molar-refractivity contribution is -0.00681. The van der Waals surface area contributed by atoms with Crippen LogP contribution >= 0.6 is 0 Å². The summed E-state index contributed by atoms with van der Waals surface area (Å²) in [5.74, 6) is 0. The number of aliphatic hydroxyl groups is 1. The monoisotopic (exact) mass is 225 g/mol. The van der Waals surface area contributed by atoms with Gasteiger partial charge in [0.25, 0.3) is 0 Å². The molecule has 1 saturated heterocycles. The first-order valence-corrected chi connectivity index (χ1v) is 5.74. The van der Waals surface area contributed by atoms with Crippen molar-refractivity contribution in [1.29, 1.82) is 0 Å². The van der Waals surface area contributed by atoms with Crippen LogP contribution in [-0.4, -0.2) is 39.9 Å². The Labute approximate surface area is 95.9 Å². The Morgan fingerprint density at radius 2 is 1.81 bits per heavy atom. The summed E-state index contributed by atoms with van der Waals surface area (Å²) in [6, 6.07) is 0.00667. The number of piperidine rings is 1. The number of hydrogen-bond donors (Lipinski definition) is 1. The maximum absolute atomic E-state index is 12.0. The average Bonchev–Trinajstić information content (AvgIpc) is 2.36.